The topological polar surface area (TPSA) is 0 Å². The molecule has 0 amide bonds. The van der Waals surface area contributed by atoms with Crippen LogP contribution in [0.25, 0.3) is 31.9 Å². The van der Waals surface area contributed by atoms with Crippen molar-refractivity contribution in [1.29, 1.82) is 0 Å². The Morgan fingerprint density at radius 2 is 1.03 bits per heavy atom. The average Bonchev–Trinajstić information content (AvgIpc) is 3.27. The SMILES string of the molecule is CC1=C2c3c(ccc4ccccc34)[CH]1[Zr][CH]1C(C)=C(c3c1ccc1ccccc31)[Si]2(C)C. The molecule has 3 aliphatic rings. The van der Waals surface area contributed by atoms with Gasteiger partial charge in [0, 0.05) is 0 Å². The van der Waals surface area contributed by atoms with Crippen LogP contribution in [0.4, 0.5) is 0 Å². The van der Waals surface area contributed by atoms with Crippen molar-refractivity contribution in [3.8, 4) is 0 Å². The maximum absolute atomic E-state index is 2.64. The van der Waals surface area contributed by atoms with Crippen molar-refractivity contribution in [3.63, 3.8) is 0 Å². The summed E-state index contributed by atoms with van der Waals surface area (Å²) >= 11 is -0.788. The normalized spacial score (nSPS) is 22.6. The molecule has 0 N–H and O–H groups in total. The number of hydrogen-bond donors (Lipinski definition) is 0. The standard InChI is InChI=1S/C30H26Si.Zr/c1-19-17-23-15-13-21-9-5-7-11-25(21)27(23)29(19)31(3,4)30-20(2)18-24-16-14-22-10-6-8-12-26(22)28(24)30;/h5-18H,1-4H3;. The molecule has 4 bridgehead atoms. The van der Waals surface area contributed by atoms with Gasteiger partial charge in [-0.2, -0.15) is 0 Å². The summed E-state index contributed by atoms with van der Waals surface area (Å²) in [7, 11) is -1.93. The van der Waals surface area contributed by atoms with E-state index in [0.29, 0.717) is 7.25 Å². The van der Waals surface area contributed by atoms with Crippen LogP contribution >= 0.6 is 0 Å². The average molecular weight is 506 g/mol. The van der Waals surface area contributed by atoms with E-state index in [0.717, 1.165) is 0 Å². The van der Waals surface area contributed by atoms with Gasteiger partial charge in [0.15, 0.2) is 0 Å². The van der Waals surface area contributed by atoms with E-state index in [4.69, 9.17) is 0 Å². The molecule has 0 spiro atoms. The van der Waals surface area contributed by atoms with E-state index in [1.807, 2.05) is 0 Å². The molecule has 0 nitrogen and oxygen atoms in total. The van der Waals surface area contributed by atoms with Gasteiger partial charge >= 0.3 is 204 Å². The Morgan fingerprint density at radius 3 is 1.50 bits per heavy atom. The van der Waals surface area contributed by atoms with Crippen LogP contribution in [0.5, 0.6) is 0 Å². The summed E-state index contributed by atoms with van der Waals surface area (Å²) in [5.74, 6) is 0. The van der Waals surface area contributed by atoms with Gasteiger partial charge in [-0.3, -0.25) is 0 Å². The van der Waals surface area contributed by atoms with Gasteiger partial charge in [0.2, 0.25) is 0 Å². The van der Waals surface area contributed by atoms with Crippen LogP contribution in [0, 0.1) is 0 Å². The van der Waals surface area contributed by atoms with Crippen LogP contribution in [-0.4, -0.2) is 8.07 Å². The molecule has 32 heavy (non-hydrogen) atoms. The summed E-state index contributed by atoms with van der Waals surface area (Å²) in [6.07, 6.45) is 0. The van der Waals surface area contributed by atoms with Crippen LogP contribution in [-0.2, 0) is 23.2 Å². The quantitative estimate of drug-likeness (QED) is 0.211. The van der Waals surface area contributed by atoms with E-state index in [1.165, 1.54) is 21.5 Å². The zero-order valence-corrected chi connectivity index (χ0v) is 22.5. The van der Waals surface area contributed by atoms with Crippen LogP contribution in [0.3, 0.4) is 0 Å². The second-order valence-corrected chi connectivity index (χ2v) is 18.2. The third-order valence-corrected chi connectivity index (χ3v) is 17.4. The molecule has 7 rings (SSSR count). The Hall–Kier alpha value is -2.02. The number of hydrogen-bond acceptors (Lipinski definition) is 0. The fourth-order valence-electron chi connectivity index (χ4n) is 7.10. The Kier molecular flexibility index (Phi) is 3.96. The molecule has 1 aliphatic heterocycles. The summed E-state index contributed by atoms with van der Waals surface area (Å²) in [5.41, 5.74) is 10.0. The first-order chi connectivity index (χ1) is 15.5. The van der Waals surface area contributed by atoms with Gasteiger partial charge in [-0.1, -0.05) is 0 Å². The van der Waals surface area contributed by atoms with Gasteiger partial charge in [0.05, 0.1) is 0 Å². The summed E-state index contributed by atoms with van der Waals surface area (Å²) in [4.78, 5) is 0. The van der Waals surface area contributed by atoms with Crippen molar-refractivity contribution in [3.05, 3.63) is 106 Å². The molecule has 0 aromatic heterocycles. The van der Waals surface area contributed by atoms with E-state index < -0.39 is 31.3 Å². The van der Waals surface area contributed by atoms with E-state index in [-0.39, 0.29) is 0 Å². The van der Waals surface area contributed by atoms with Crippen molar-refractivity contribution in [2.75, 3.05) is 0 Å². The molecule has 0 radical (unpaired) electrons. The maximum atomic E-state index is 2.64. The second-order valence-electron chi connectivity index (χ2n) is 10.3. The van der Waals surface area contributed by atoms with E-state index in [9.17, 15) is 0 Å². The van der Waals surface area contributed by atoms with Crippen molar-refractivity contribution < 1.29 is 23.2 Å². The van der Waals surface area contributed by atoms with E-state index in [2.05, 4.69) is 99.7 Å². The van der Waals surface area contributed by atoms with Gasteiger partial charge in [-0.05, 0) is 0 Å². The summed E-state index contributed by atoms with van der Waals surface area (Å²) in [6, 6.07) is 27.9. The zero-order chi connectivity index (χ0) is 21.8. The van der Waals surface area contributed by atoms with E-state index >= 15 is 0 Å². The number of benzene rings is 4. The van der Waals surface area contributed by atoms with Crippen molar-refractivity contribution in [2.24, 2.45) is 0 Å². The van der Waals surface area contributed by atoms with Crippen molar-refractivity contribution >= 4 is 40.0 Å². The molecular formula is C30H26SiZr. The van der Waals surface area contributed by atoms with Crippen LogP contribution in [0.15, 0.2) is 83.9 Å². The molecule has 2 atom stereocenters. The molecule has 2 aliphatic carbocycles. The third kappa shape index (κ3) is 2.31. The Labute approximate surface area is 202 Å². The minimum absolute atomic E-state index is 0.707. The summed E-state index contributed by atoms with van der Waals surface area (Å²) < 4.78 is 1.41. The Morgan fingerprint density at radius 1 is 0.594 bits per heavy atom. The van der Waals surface area contributed by atoms with Crippen LogP contribution < -0.4 is 0 Å². The Bertz CT molecular complexity index is 1440. The van der Waals surface area contributed by atoms with Gasteiger partial charge in [0.25, 0.3) is 0 Å². The molecule has 2 unspecified atom stereocenters. The molecule has 4 aromatic rings. The molecule has 4 aromatic carbocycles. The van der Waals surface area contributed by atoms with Gasteiger partial charge in [-0.15, -0.1) is 0 Å². The molecule has 1 heterocycles. The summed E-state index contributed by atoms with van der Waals surface area (Å²) in [5, 5.41) is 9.27. The number of fused-ring (bicyclic) bond motifs is 12. The molecule has 154 valence electrons. The zero-order valence-electron chi connectivity index (χ0n) is 19.1. The fraction of sp³-hybridized carbons (Fsp3) is 0.200. The van der Waals surface area contributed by atoms with Gasteiger partial charge in [-0.25, -0.2) is 0 Å². The summed E-state index contributed by atoms with van der Waals surface area (Å²) in [6.45, 7) is 10.3. The van der Waals surface area contributed by atoms with Crippen LogP contribution in [0.1, 0.15) is 43.4 Å². The first kappa shape index (κ1) is 19.4. The molecule has 0 saturated carbocycles. The number of allylic oxidation sites excluding steroid dienone is 2. The van der Waals surface area contributed by atoms with E-state index in [1.54, 1.807) is 43.8 Å². The van der Waals surface area contributed by atoms with Gasteiger partial charge < -0.3 is 0 Å². The van der Waals surface area contributed by atoms with Crippen molar-refractivity contribution in [2.45, 2.75) is 34.2 Å². The minimum atomic E-state index is -1.93. The molecule has 0 fully saturated rings. The van der Waals surface area contributed by atoms with Gasteiger partial charge in [0.1, 0.15) is 0 Å². The monoisotopic (exact) mass is 504 g/mol. The third-order valence-electron chi connectivity index (χ3n) is 8.28. The first-order valence-corrected chi connectivity index (χ1v) is 17.5. The number of rotatable bonds is 0. The first-order valence-electron chi connectivity index (χ1n) is 11.7. The molecule has 2 heteroatoms. The van der Waals surface area contributed by atoms with Crippen molar-refractivity contribution in [1.82, 2.24) is 0 Å². The predicted molar refractivity (Wildman–Crippen MR) is 136 cm³/mol. The Balaban J connectivity index is 1.59. The fourth-order valence-corrected chi connectivity index (χ4v) is 16.9. The second kappa shape index (κ2) is 6.52. The molecule has 0 saturated heterocycles. The van der Waals surface area contributed by atoms with Crippen LogP contribution in [0.2, 0.25) is 13.1 Å². The predicted octanol–water partition coefficient (Wildman–Crippen LogP) is 8.23. The molecular weight excluding hydrogens is 480 g/mol.